The predicted molar refractivity (Wildman–Crippen MR) is 86.1 cm³/mol. The third kappa shape index (κ3) is 1.84. The first-order valence-electron chi connectivity index (χ1n) is 7.70. The number of hydrogen-bond donors (Lipinski definition) is 0. The van der Waals surface area contributed by atoms with E-state index in [2.05, 4.69) is 37.0 Å². The third-order valence-electron chi connectivity index (χ3n) is 4.58. The van der Waals surface area contributed by atoms with Gasteiger partial charge in [-0.2, -0.15) is 0 Å². The quantitative estimate of drug-likeness (QED) is 0.747. The van der Waals surface area contributed by atoms with Gasteiger partial charge in [-0.25, -0.2) is 4.79 Å². The smallest absolute Gasteiger partial charge is 0.336 e. The number of nitrogens with zero attached hydrogens (tertiary/aromatic N) is 1. The molecule has 1 aromatic heterocycles. The topological polar surface area (TPSA) is 33.5 Å². The molecule has 21 heavy (non-hydrogen) atoms. The highest BCUT2D eigenvalue weighted by Gasteiger charge is 2.26. The Bertz CT molecular complexity index is 814. The highest BCUT2D eigenvalue weighted by atomic mass is 16.4. The zero-order valence-corrected chi connectivity index (χ0v) is 12.5. The van der Waals surface area contributed by atoms with E-state index in [0.29, 0.717) is 5.92 Å². The van der Waals surface area contributed by atoms with Crippen molar-refractivity contribution in [2.75, 3.05) is 18.0 Å². The zero-order chi connectivity index (χ0) is 14.6. The summed E-state index contributed by atoms with van der Waals surface area (Å²) >= 11 is 0. The molecule has 4 rings (SSSR count). The number of fused-ring (bicyclic) bond motifs is 2. The summed E-state index contributed by atoms with van der Waals surface area (Å²) in [6.07, 6.45) is 6.54. The van der Waals surface area contributed by atoms with Gasteiger partial charge in [-0.1, -0.05) is 26.0 Å². The van der Waals surface area contributed by atoms with Crippen molar-refractivity contribution in [3.05, 3.63) is 45.3 Å². The number of aryl methyl sites for hydroxylation is 1. The molecule has 0 bridgehead atoms. The Kier molecular flexibility index (Phi) is 2.71. The van der Waals surface area contributed by atoms with Crippen molar-refractivity contribution in [3.8, 4) is 0 Å². The fourth-order valence-corrected chi connectivity index (χ4v) is 3.66. The lowest BCUT2D eigenvalue weighted by Gasteiger charge is -2.34. The Balaban J connectivity index is 2.15. The van der Waals surface area contributed by atoms with Crippen LogP contribution in [0.15, 0.2) is 27.4 Å². The molecule has 0 fully saturated rings. The summed E-state index contributed by atoms with van der Waals surface area (Å²) in [5, 5.41) is 1.10. The Hall–Kier alpha value is -2.03. The fourth-order valence-electron chi connectivity index (χ4n) is 3.66. The summed E-state index contributed by atoms with van der Waals surface area (Å²) in [5.74, 6) is 0.314. The summed E-state index contributed by atoms with van der Waals surface area (Å²) in [5.41, 5.74) is 5.43. The Morgan fingerprint density at radius 3 is 2.95 bits per heavy atom. The maximum atomic E-state index is 12.0. The van der Waals surface area contributed by atoms with Crippen LogP contribution < -0.4 is 10.5 Å². The van der Waals surface area contributed by atoms with Gasteiger partial charge in [-0.05, 0) is 36.0 Å². The molecule has 0 saturated heterocycles. The van der Waals surface area contributed by atoms with Crippen LogP contribution in [0.5, 0.6) is 0 Å². The van der Waals surface area contributed by atoms with E-state index in [1.165, 1.54) is 16.8 Å². The lowest BCUT2D eigenvalue weighted by molar-refractivity contribution is 0.550. The third-order valence-corrected chi connectivity index (χ3v) is 4.58. The minimum absolute atomic E-state index is 0.231. The number of anilines is 1. The number of hydrogen-bond acceptors (Lipinski definition) is 3. The number of benzene rings is 1. The van der Waals surface area contributed by atoms with Gasteiger partial charge in [0.2, 0.25) is 0 Å². The Morgan fingerprint density at radius 2 is 2.14 bits per heavy atom. The summed E-state index contributed by atoms with van der Waals surface area (Å²) in [4.78, 5) is 14.3. The second-order valence-electron chi connectivity index (χ2n) is 6.30. The van der Waals surface area contributed by atoms with Crippen LogP contribution in [-0.2, 0) is 6.42 Å². The van der Waals surface area contributed by atoms with Crippen LogP contribution in [0.3, 0.4) is 0 Å². The first-order chi connectivity index (χ1) is 10.1. The molecule has 0 radical (unpaired) electrons. The van der Waals surface area contributed by atoms with Crippen molar-refractivity contribution in [2.24, 2.45) is 0 Å². The van der Waals surface area contributed by atoms with Crippen molar-refractivity contribution < 1.29 is 4.42 Å². The van der Waals surface area contributed by atoms with Crippen LogP contribution in [0, 0.1) is 0 Å². The molecule has 2 aliphatic rings. The van der Waals surface area contributed by atoms with E-state index in [1.807, 2.05) is 0 Å². The average Bonchev–Trinajstić information content (AvgIpc) is 2.48. The molecule has 0 aliphatic carbocycles. The standard InChI is InChI=1S/C18H19NO2/c1-11(2)14-10-16(20)21-18-13-6-4-8-19-7-3-5-12(17(13)19)9-15(14)18/h3,5,9-11H,4,6-8H2,1-2H3. The molecule has 3 nitrogen and oxygen atoms in total. The Labute approximate surface area is 123 Å². The molecule has 0 unspecified atom stereocenters. The van der Waals surface area contributed by atoms with Gasteiger partial charge in [-0.15, -0.1) is 0 Å². The van der Waals surface area contributed by atoms with Crippen LogP contribution in [-0.4, -0.2) is 13.1 Å². The summed E-state index contributed by atoms with van der Waals surface area (Å²) in [6.45, 7) is 6.30. The monoisotopic (exact) mass is 281 g/mol. The first kappa shape index (κ1) is 12.7. The maximum absolute atomic E-state index is 12.0. The van der Waals surface area contributed by atoms with Crippen LogP contribution >= 0.6 is 0 Å². The largest absolute Gasteiger partial charge is 0.422 e. The van der Waals surface area contributed by atoms with Gasteiger partial charge in [0.25, 0.3) is 0 Å². The SMILES string of the molecule is CC(C)c1cc(=O)oc2c3c4c(cc12)C=CCN4CCC3. The van der Waals surface area contributed by atoms with Gasteiger partial charge in [-0.3, -0.25) is 0 Å². The maximum Gasteiger partial charge on any atom is 0.336 e. The van der Waals surface area contributed by atoms with Gasteiger partial charge < -0.3 is 9.32 Å². The molecule has 2 aliphatic heterocycles. The zero-order valence-electron chi connectivity index (χ0n) is 12.5. The van der Waals surface area contributed by atoms with E-state index in [9.17, 15) is 4.79 Å². The minimum atomic E-state index is -0.231. The van der Waals surface area contributed by atoms with Crippen LogP contribution in [0.1, 0.15) is 42.9 Å². The van der Waals surface area contributed by atoms with E-state index in [4.69, 9.17) is 4.42 Å². The molecule has 0 N–H and O–H groups in total. The highest BCUT2D eigenvalue weighted by molar-refractivity contribution is 5.94. The van der Waals surface area contributed by atoms with E-state index >= 15 is 0 Å². The van der Waals surface area contributed by atoms with Crippen molar-refractivity contribution >= 4 is 22.7 Å². The molecule has 3 heterocycles. The molecule has 1 aromatic carbocycles. The number of rotatable bonds is 1. The average molecular weight is 281 g/mol. The molecule has 3 heteroatoms. The first-order valence-corrected chi connectivity index (χ1v) is 7.70. The van der Waals surface area contributed by atoms with Crippen molar-refractivity contribution in [3.63, 3.8) is 0 Å². The molecule has 0 spiro atoms. The lowest BCUT2D eigenvalue weighted by atomic mass is 9.89. The minimum Gasteiger partial charge on any atom is -0.422 e. The van der Waals surface area contributed by atoms with Gasteiger partial charge >= 0.3 is 5.63 Å². The molecule has 0 atom stereocenters. The van der Waals surface area contributed by atoms with Crippen molar-refractivity contribution in [1.29, 1.82) is 0 Å². The van der Waals surface area contributed by atoms with E-state index < -0.39 is 0 Å². The molecule has 2 aromatic rings. The molecular formula is C18H19NO2. The van der Waals surface area contributed by atoms with Crippen molar-refractivity contribution in [2.45, 2.75) is 32.6 Å². The van der Waals surface area contributed by atoms with Crippen molar-refractivity contribution in [1.82, 2.24) is 0 Å². The van der Waals surface area contributed by atoms with Crippen LogP contribution in [0.2, 0.25) is 0 Å². The molecule has 0 amide bonds. The van der Waals surface area contributed by atoms with Crippen LogP contribution in [0.4, 0.5) is 5.69 Å². The van der Waals surface area contributed by atoms with E-state index in [-0.39, 0.29) is 5.63 Å². The second-order valence-corrected chi connectivity index (χ2v) is 6.30. The fraction of sp³-hybridized carbons (Fsp3) is 0.389. The van der Waals surface area contributed by atoms with Gasteiger partial charge in [0, 0.05) is 30.1 Å². The Morgan fingerprint density at radius 1 is 1.29 bits per heavy atom. The molecular weight excluding hydrogens is 262 g/mol. The summed E-state index contributed by atoms with van der Waals surface area (Å²) in [6, 6.07) is 3.85. The summed E-state index contributed by atoms with van der Waals surface area (Å²) in [7, 11) is 0. The second kappa shape index (κ2) is 4.48. The van der Waals surface area contributed by atoms with Gasteiger partial charge in [0.1, 0.15) is 5.58 Å². The van der Waals surface area contributed by atoms with Crippen LogP contribution in [0.25, 0.3) is 17.0 Å². The van der Waals surface area contributed by atoms with E-state index in [1.54, 1.807) is 6.07 Å². The predicted octanol–water partition coefficient (Wildman–Crippen LogP) is 3.70. The molecule has 108 valence electrons. The molecule has 0 saturated carbocycles. The normalized spacial score (nSPS) is 16.6. The van der Waals surface area contributed by atoms with Gasteiger partial charge in [0.15, 0.2) is 0 Å². The lowest BCUT2D eigenvalue weighted by Crippen LogP contribution is -2.32. The summed E-state index contributed by atoms with van der Waals surface area (Å²) < 4.78 is 5.62. The van der Waals surface area contributed by atoms with E-state index in [0.717, 1.165) is 42.5 Å². The highest BCUT2D eigenvalue weighted by Crippen LogP contribution is 2.40. The van der Waals surface area contributed by atoms with Gasteiger partial charge in [0.05, 0.1) is 5.69 Å².